The van der Waals surface area contributed by atoms with Gasteiger partial charge in [-0.25, -0.2) is 0 Å². The van der Waals surface area contributed by atoms with E-state index in [1.807, 2.05) is 6.07 Å². The van der Waals surface area contributed by atoms with Gasteiger partial charge < -0.3 is 10.2 Å². The molecule has 0 amide bonds. The first-order valence-corrected chi connectivity index (χ1v) is 6.90. The lowest BCUT2D eigenvalue weighted by Gasteiger charge is -2.22. The lowest BCUT2D eigenvalue weighted by Crippen LogP contribution is -2.17. The smallest absolute Gasteiger partial charge is 0.0453 e. The van der Waals surface area contributed by atoms with Crippen molar-refractivity contribution in [1.29, 1.82) is 0 Å². The second-order valence-electron chi connectivity index (χ2n) is 4.70. The standard InChI is InChI=1S/C17H22N2/c1-3-13-18-14-15-9-7-8-12-17(15)19(2)16-10-5-4-6-11-16/h4-12,18H,3,13-14H2,1-2H3. The van der Waals surface area contributed by atoms with Gasteiger partial charge in [-0.3, -0.25) is 0 Å². The fourth-order valence-corrected chi connectivity index (χ4v) is 2.18. The minimum Gasteiger partial charge on any atom is -0.344 e. The van der Waals surface area contributed by atoms with Gasteiger partial charge in [-0.05, 0) is 36.7 Å². The molecular formula is C17H22N2. The van der Waals surface area contributed by atoms with Crippen molar-refractivity contribution in [3.63, 3.8) is 0 Å². The highest BCUT2D eigenvalue weighted by Gasteiger charge is 2.07. The molecular weight excluding hydrogens is 232 g/mol. The summed E-state index contributed by atoms with van der Waals surface area (Å²) in [6.45, 7) is 4.17. The van der Waals surface area contributed by atoms with Crippen molar-refractivity contribution >= 4 is 11.4 Å². The first-order valence-electron chi connectivity index (χ1n) is 6.90. The van der Waals surface area contributed by atoms with E-state index in [2.05, 4.69) is 72.7 Å². The molecule has 2 nitrogen and oxygen atoms in total. The third-order valence-corrected chi connectivity index (χ3v) is 3.24. The number of para-hydroxylation sites is 2. The molecule has 0 aliphatic rings. The Balaban J connectivity index is 2.19. The molecule has 1 N–H and O–H groups in total. The average Bonchev–Trinajstić information content (AvgIpc) is 2.48. The molecule has 0 saturated carbocycles. The zero-order valence-electron chi connectivity index (χ0n) is 11.8. The van der Waals surface area contributed by atoms with E-state index in [1.165, 1.54) is 16.9 Å². The van der Waals surface area contributed by atoms with Gasteiger partial charge in [0.2, 0.25) is 0 Å². The van der Waals surface area contributed by atoms with Gasteiger partial charge in [0.1, 0.15) is 0 Å². The summed E-state index contributed by atoms with van der Waals surface area (Å²) < 4.78 is 0. The van der Waals surface area contributed by atoms with E-state index in [9.17, 15) is 0 Å². The van der Waals surface area contributed by atoms with Crippen LogP contribution in [-0.4, -0.2) is 13.6 Å². The van der Waals surface area contributed by atoms with Crippen LogP contribution in [0.2, 0.25) is 0 Å². The van der Waals surface area contributed by atoms with Gasteiger partial charge in [-0.2, -0.15) is 0 Å². The fraction of sp³-hybridized carbons (Fsp3) is 0.294. The SMILES string of the molecule is CCCNCc1ccccc1N(C)c1ccccc1. The van der Waals surface area contributed by atoms with E-state index in [-0.39, 0.29) is 0 Å². The van der Waals surface area contributed by atoms with Crippen molar-refractivity contribution in [2.75, 3.05) is 18.5 Å². The second kappa shape index (κ2) is 6.95. The van der Waals surface area contributed by atoms with Crippen LogP contribution < -0.4 is 10.2 Å². The molecule has 0 saturated heterocycles. The zero-order valence-corrected chi connectivity index (χ0v) is 11.8. The molecule has 0 fully saturated rings. The summed E-state index contributed by atoms with van der Waals surface area (Å²) in [5.41, 5.74) is 3.81. The summed E-state index contributed by atoms with van der Waals surface area (Å²) in [5, 5.41) is 3.47. The Hall–Kier alpha value is -1.80. The van der Waals surface area contributed by atoms with Crippen molar-refractivity contribution in [3.8, 4) is 0 Å². The maximum atomic E-state index is 3.47. The molecule has 0 radical (unpaired) electrons. The van der Waals surface area contributed by atoms with Crippen molar-refractivity contribution < 1.29 is 0 Å². The number of anilines is 2. The average molecular weight is 254 g/mol. The molecule has 0 unspecified atom stereocenters. The Bertz CT molecular complexity index is 494. The third-order valence-electron chi connectivity index (χ3n) is 3.24. The van der Waals surface area contributed by atoms with Crippen molar-refractivity contribution in [2.45, 2.75) is 19.9 Å². The molecule has 2 aromatic rings. The molecule has 0 spiro atoms. The summed E-state index contributed by atoms with van der Waals surface area (Å²) in [6.07, 6.45) is 1.16. The molecule has 19 heavy (non-hydrogen) atoms. The summed E-state index contributed by atoms with van der Waals surface area (Å²) in [6, 6.07) is 19.0. The Morgan fingerprint density at radius 3 is 2.37 bits per heavy atom. The number of hydrogen-bond donors (Lipinski definition) is 1. The molecule has 2 rings (SSSR count). The molecule has 2 aromatic carbocycles. The Morgan fingerprint density at radius 1 is 0.947 bits per heavy atom. The lowest BCUT2D eigenvalue weighted by atomic mass is 10.1. The van der Waals surface area contributed by atoms with Crippen molar-refractivity contribution in [1.82, 2.24) is 5.32 Å². The normalized spacial score (nSPS) is 10.4. The highest BCUT2D eigenvalue weighted by atomic mass is 15.1. The van der Waals surface area contributed by atoms with Crippen LogP contribution in [0.25, 0.3) is 0 Å². The maximum absolute atomic E-state index is 3.47. The molecule has 0 aromatic heterocycles. The quantitative estimate of drug-likeness (QED) is 0.785. The zero-order chi connectivity index (χ0) is 13.5. The van der Waals surface area contributed by atoms with Crippen LogP contribution in [0.1, 0.15) is 18.9 Å². The van der Waals surface area contributed by atoms with E-state index >= 15 is 0 Å². The molecule has 0 aliphatic carbocycles. The van der Waals surface area contributed by atoms with Gasteiger partial charge in [-0.15, -0.1) is 0 Å². The number of nitrogens with zero attached hydrogens (tertiary/aromatic N) is 1. The minimum absolute atomic E-state index is 0.918. The first-order chi connectivity index (χ1) is 9.33. The van der Waals surface area contributed by atoms with Crippen LogP contribution in [0, 0.1) is 0 Å². The molecule has 2 heteroatoms. The number of rotatable bonds is 6. The molecule has 100 valence electrons. The summed E-state index contributed by atoms with van der Waals surface area (Å²) in [4.78, 5) is 2.24. The lowest BCUT2D eigenvalue weighted by molar-refractivity contribution is 0.675. The van der Waals surface area contributed by atoms with Crippen LogP contribution >= 0.6 is 0 Å². The highest BCUT2D eigenvalue weighted by Crippen LogP contribution is 2.26. The van der Waals surface area contributed by atoms with Crippen LogP contribution in [0.15, 0.2) is 54.6 Å². The topological polar surface area (TPSA) is 15.3 Å². The van der Waals surface area contributed by atoms with Crippen LogP contribution in [0.3, 0.4) is 0 Å². The van der Waals surface area contributed by atoms with E-state index in [4.69, 9.17) is 0 Å². The van der Waals surface area contributed by atoms with Gasteiger partial charge in [0.05, 0.1) is 0 Å². The van der Waals surface area contributed by atoms with E-state index in [1.54, 1.807) is 0 Å². The number of hydrogen-bond acceptors (Lipinski definition) is 2. The number of benzene rings is 2. The van der Waals surface area contributed by atoms with E-state index < -0.39 is 0 Å². The number of nitrogens with one attached hydrogen (secondary N) is 1. The second-order valence-corrected chi connectivity index (χ2v) is 4.70. The Morgan fingerprint density at radius 2 is 1.63 bits per heavy atom. The van der Waals surface area contributed by atoms with Gasteiger partial charge in [0.25, 0.3) is 0 Å². The molecule has 0 aliphatic heterocycles. The third kappa shape index (κ3) is 3.58. The first kappa shape index (κ1) is 13.6. The van der Waals surface area contributed by atoms with Crippen LogP contribution in [0.4, 0.5) is 11.4 Å². The Labute approximate surface area is 116 Å². The molecule has 0 heterocycles. The van der Waals surface area contributed by atoms with Crippen molar-refractivity contribution in [3.05, 3.63) is 60.2 Å². The minimum atomic E-state index is 0.918. The highest BCUT2D eigenvalue weighted by molar-refractivity contribution is 5.65. The van der Waals surface area contributed by atoms with Crippen LogP contribution in [-0.2, 0) is 6.54 Å². The summed E-state index contributed by atoms with van der Waals surface area (Å²) in [7, 11) is 2.12. The summed E-state index contributed by atoms with van der Waals surface area (Å²) >= 11 is 0. The van der Waals surface area contributed by atoms with Gasteiger partial charge in [0, 0.05) is 25.0 Å². The molecule has 0 bridgehead atoms. The van der Waals surface area contributed by atoms with E-state index in [0.29, 0.717) is 0 Å². The predicted octanol–water partition coefficient (Wildman–Crippen LogP) is 3.95. The van der Waals surface area contributed by atoms with Crippen LogP contribution in [0.5, 0.6) is 0 Å². The largest absolute Gasteiger partial charge is 0.344 e. The fourth-order valence-electron chi connectivity index (χ4n) is 2.18. The monoisotopic (exact) mass is 254 g/mol. The van der Waals surface area contributed by atoms with Gasteiger partial charge in [0.15, 0.2) is 0 Å². The summed E-state index contributed by atoms with van der Waals surface area (Å²) in [5.74, 6) is 0. The van der Waals surface area contributed by atoms with E-state index in [0.717, 1.165) is 19.5 Å². The predicted molar refractivity (Wildman–Crippen MR) is 82.9 cm³/mol. The van der Waals surface area contributed by atoms with Gasteiger partial charge in [-0.1, -0.05) is 43.3 Å². The molecule has 0 atom stereocenters. The maximum Gasteiger partial charge on any atom is 0.0453 e. The van der Waals surface area contributed by atoms with Crippen molar-refractivity contribution in [2.24, 2.45) is 0 Å². The Kier molecular flexibility index (Phi) is 4.99. The van der Waals surface area contributed by atoms with Gasteiger partial charge >= 0.3 is 0 Å².